The summed E-state index contributed by atoms with van der Waals surface area (Å²) in [5.41, 5.74) is -1.94. The average Bonchev–Trinajstić information content (AvgIpc) is 4.19. The largest absolute Gasteiger partial charge is 0.417 e. The van der Waals surface area contributed by atoms with Gasteiger partial charge in [-0.15, -0.1) is 0 Å². The predicted molar refractivity (Wildman–Crippen MR) is 285 cm³/mol. The Morgan fingerprint density at radius 3 is 1.09 bits per heavy atom. The van der Waals surface area contributed by atoms with E-state index in [1.807, 2.05) is 72.8 Å². The SMILES string of the molecule is N#Cc1c(-n2c3ccccc3c3ccc(-c4ccc(C(F)(F)F)cc4C(F)(F)F)cc32)cc(-c2cc(-c3ccccc3)nc(-c3ccccc3)c2)cc1-n1c2ccccc2c2ccc(-c3ccc(C(F)(F)F)cc3C(F)(F)F)cc21. The van der Waals surface area contributed by atoms with Crippen molar-refractivity contribution in [3.63, 3.8) is 0 Å². The number of hydrogen-bond acceptors (Lipinski definition) is 2. The molecule has 12 aromatic rings. The molecule has 0 aliphatic heterocycles. The molecule has 12 rings (SSSR count). The van der Waals surface area contributed by atoms with Gasteiger partial charge in [-0.1, -0.05) is 133 Å². The molecule has 4 nitrogen and oxygen atoms in total. The highest BCUT2D eigenvalue weighted by molar-refractivity contribution is 6.12. The summed E-state index contributed by atoms with van der Waals surface area (Å²) in [6.07, 6.45) is -20.6. The Labute approximate surface area is 446 Å². The summed E-state index contributed by atoms with van der Waals surface area (Å²) >= 11 is 0. The molecule has 0 bridgehead atoms. The molecule has 0 unspecified atom stereocenters. The molecule has 16 heteroatoms. The van der Waals surface area contributed by atoms with E-state index in [1.54, 1.807) is 81.9 Å². The molecule has 9 aromatic carbocycles. The smallest absolute Gasteiger partial charge is 0.308 e. The third-order valence-electron chi connectivity index (χ3n) is 14.3. The van der Waals surface area contributed by atoms with E-state index in [9.17, 15) is 57.9 Å². The number of alkyl halides is 12. The van der Waals surface area contributed by atoms with Gasteiger partial charge in [0.15, 0.2) is 0 Å². The van der Waals surface area contributed by atoms with Gasteiger partial charge in [0.1, 0.15) is 11.6 Å². The first-order valence-electron chi connectivity index (χ1n) is 24.5. The van der Waals surface area contributed by atoms with E-state index in [4.69, 9.17) is 4.98 Å². The number of para-hydroxylation sites is 2. The highest BCUT2D eigenvalue weighted by Crippen LogP contribution is 2.47. The molecule has 0 aliphatic carbocycles. The summed E-state index contributed by atoms with van der Waals surface area (Å²) in [6, 6.07) is 53.7. The summed E-state index contributed by atoms with van der Waals surface area (Å²) in [7, 11) is 0. The third kappa shape index (κ3) is 8.94. The van der Waals surface area contributed by atoms with Crippen molar-refractivity contribution in [3.8, 4) is 73.3 Å². The Morgan fingerprint density at radius 2 is 0.700 bits per heavy atom. The zero-order chi connectivity index (χ0) is 56.0. The highest BCUT2D eigenvalue weighted by atomic mass is 19.4. The predicted octanol–water partition coefficient (Wildman–Crippen LogP) is 19.6. The van der Waals surface area contributed by atoms with E-state index in [0.29, 0.717) is 67.2 Å². The van der Waals surface area contributed by atoms with Crippen LogP contribution in [0.2, 0.25) is 0 Å². The van der Waals surface area contributed by atoms with Crippen LogP contribution in [-0.2, 0) is 24.7 Å². The number of benzene rings is 9. The normalized spacial score (nSPS) is 12.5. The van der Waals surface area contributed by atoms with Crippen molar-refractivity contribution >= 4 is 43.6 Å². The van der Waals surface area contributed by atoms with Crippen LogP contribution >= 0.6 is 0 Å². The standard InChI is InChI=1S/C64H34F12N4/c65-61(66,67)42-21-25-44(51(33-42)63(71,72)73)38-19-23-48-46-15-7-9-17-55(46)79(57(48)29-38)59-31-41(40-27-53(36-11-3-1-4-12-36)78-54(28-40)37-13-5-2-6-14-37)32-60(50(59)35-77)80-56-18-10-8-16-47(56)49-24-20-39(30-58(49)80)45-26-22-43(62(68,69)70)34-52(45)64(74,75)76/h1-34H. The lowest BCUT2D eigenvalue weighted by molar-refractivity contribution is -0.144. The van der Waals surface area contributed by atoms with Gasteiger partial charge in [0.25, 0.3) is 0 Å². The Hall–Kier alpha value is -9.62. The van der Waals surface area contributed by atoms with E-state index >= 15 is 0 Å². The van der Waals surface area contributed by atoms with Crippen molar-refractivity contribution < 1.29 is 52.7 Å². The summed E-state index contributed by atoms with van der Waals surface area (Å²) in [5.74, 6) is 0. The molecule has 0 fully saturated rings. The number of nitriles is 1. The van der Waals surface area contributed by atoms with Crippen molar-refractivity contribution in [2.24, 2.45) is 0 Å². The van der Waals surface area contributed by atoms with Crippen molar-refractivity contribution in [1.29, 1.82) is 5.26 Å². The van der Waals surface area contributed by atoms with Crippen LogP contribution in [0.5, 0.6) is 0 Å². The van der Waals surface area contributed by atoms with Gasteiger partial charge in [0.2, 0.25) is 0 Å². The molecule has 394 valence electrons. The van der Waals surface area contributed by atoms with Gasteiger partial charge in [-0.2, -0.15) is 57.9 Å². The van der Waals surface area contributed by atoms with Gasteiger partial charge in [-0.25, -0.2) is 4.98 Å². The molecular weight excluding hydrogens is 1050 g/mol. The second-order valence-electron chi connectivity index (χ2n) is 19.0. The number of halogens is 12. The Kier molecular flexibility index (Phi) is 12.0. The molecule has 0 aliphatic rings. The van der Waals surface area contributed by atoms with Gasteiger partial charge >= 0.3 is 24.7 Å². The van der Waals surface area contributed by atoms with E-state index in [2.05, 4.69) is 6.07 Å². The third-order valence-corrected chi connectivity index (χ3v) is 14.3. The van der Waals surface area contributed by atoms with Gasteiger partial charge < -0.3 is 9.13 Å². The summed E-state index contributed by atoms with van der Waals surface area (Å²) < 4.78 is 176. The van der Waals surface area contributed by atoms with E-state index in [-0.39, 0.29) is 51.2 Å². The zero-order valence-corrected chi connectivity index (χ0v) is 41.0. The minimum atomic E-state index is -5.22. The molecule has 0 radical (unpaired) electrons. The minimum Gasteiger partial charge on any atom is -0.308 e. The maximum atomic E-state index is 14.9. The summed E-state index contributed by atoms with van der Waals surface area (Å²) in [4.78, 5) is 5.06. The van der Waals surface area contributed by atoms with Gasteiger partial charge in [0.05, 0.1) is 67.1 Å². The lowest BCUT2D eigenvalue weighted by Gasteiger charge is -2.20. The van der Waals surface area contributed by atoms with Gasteiger partial charge in [-0.05, 0) is 106 Å². The van der Waals surface area contributed by atoms with Crippen LogP contribution in [0.4, 0.5) is 52.7 Å². The fourth-order valence-electron chi connectivity index (χ4n) is 10.7. The maximum Gasteiger partial charge on any atom is 0.417 e. The molecular formula is C64H34F12N4. The molecule has 0 saturated carbocycles. The van der Waals surface area contributed by atoms with Crippen molar-refractivity contribution in [1.82, 2.24) is 14.1 Å². The molecule has 0 spiro atoms. The topological polar surface area (TPSA) is 46.5 Å². The lowest BCUT2D eigenvalue weighted by Crippen LogP contribution is -2.12. The van der Waals surface area contributed by atoms with Crippen LogP contribution in [0.25, 0.3) is 111 Å². The van der Waals surface area contributed by atoms with Crippen LogP contribution in [0.3, 0.4) is 0 Å². The molecule has 0 amide bonds. The number of nitrogens with zero attached hydrogens (tertiary/aromatic N) is 4. The second kappa shape index (κ2) is 18.8. The minimum absolute atomic E-state index is 0.0356. The van der Waals surface area contributed by atoms with Crippen LogP contribution in [0, 0.1) is 11.3 Å². The first kappa shape index (κ1) is 51.2. The Bertz CT molecular complexity index is 4210. The number of rotatable bonds is 7. The molecule has 0 atom stereocenters. The second-order valence-corrected chi connectivity index (χ2v) is 19.0. The zero-order valence-electron chi connectivity index (χ0n) is 41.0. The number of fused-ring (bicyclic) bond motifs is 6. The maximum absolute atomic E-state index is 14.9. The first-order valence-corrected chi connectivity index (χ1v) is 24.5. The number of pyridine rings is 1. The molecule has 0 saturated heterocycles. The average molecular weight is 1090 g/mol. The fraction of sp³-hybridized carbons (Fsp3) is 0.0625. The van der Waals surface area contributed by atoms with Crippen LogP contribution in [0.1, 0.15) is 27.8 Å². The lowest BCUT2D eigenvalue weighted by atomic mass is 9.95. The van der Waals surface area contributed by atoms with Crippen molar-refractivity contribution in [2.75, 3.05) is 0 Å². The van der Waals surface area contributed by atoms with E-state index in [0.717, 1.165) is 23.3 Å². The highest BCUT2D eigenvalue weighted by Gasteiger charge is 2.40. The van der Waals surface area contributed by atoms with E-state index < -0.39 is 58.1 Å². The molecule has 3 aromatic heterocycles. The summed E-state index contributed by atoms with van der Waals surface area (Å²) in [5, 5.41) is 13.9. The first-order chi connectivity index (χ1) is 38.2. The molecule has 0 N–H and O–H groups in total. The quantitative estimate of drug-likeness (QED) is 0.149. The molecule has 3 heterocycles. The van der Waals surface area contributed by atoms with Gasteiger partial charge in [0, 0.05) is 32.7 Å². The molecule has 80 heavy (non-hydrogen) atoms. The monoisotopic (exact) mass is 1090 g/mol. The van der Waals surface area contributed by atoms with Crippen LogP contribution < -0.4 is 0 Å². The van der Waals surface area contributed by atoms with Crippen LogP contribution in [-0.4, -0.2) is 14.1 Å². The Morgan fingerprint density at radius 1 is 0.325 bits per heavy atom. The fourth-order valence-corrected chi connectivity index (χ4v) is 10.7. The number of hydrogen-bond donors (Lipinski definition) is 0. The van der Waals surface area contributed by atoms with Crippen LogP contribution in [0.15, 0.2) is 206 Å². The van der Waals surface area contributed by atoms with Crippen molar-refractivity contribution in [3.05, 3.63) is 234 Å². The number of aromatic nitrogens is 3. The van der Waals surface area contributed by atoms with Crippen molar-refractivity contribution in [2.45, 2.75) is 24.7 Å². The van der Waals surface area contributed by atoms with Gasteiger partial charge in [-0.3, -0.25) is 0 Å². The Balaban J connectivity index is 1.20. The van der Waals surface area contributed by atoms with E-state index in [1.165, 1.54) is 24.3 Å². The summed E-state index contributed by atoms with van der Waals surface area (Å²) in [6.45, 7) is 0.